The number of carbonyl (C=O) groups is 1. The Hall–Kier alpha value is -1.53. The van der Waals surface area contributed by atoms with E-state index in [1.807, 2.05) is 19.4 Å². The number of methoxy groups -OCH3 is 1. The largest absolute Gasteiger partial charge is 0.380 e. The molecule has 0 bridgehead atoms. The Bertz CT molecular complexity index is 515. The van der Waals surface area contributed by atoms with E-state index >= 15 is 0 Å². The molecule has 6 nitrogen and oxygen atoms in total. The highest BCUT2D eigenvalue weighted by Gasteiger charge is 2.34. The van der Waals surface area contributed by atoms with Crippen molar-refractivity contribution in [1.29, 1.82) is 0 Å². The maximum absolute atomic E-state index is 12.2. The van der Waals surface area contributed by atoms with Gasteiger partial charge in [0.2, 0.25) is 5.91 Å². The van der Waals surface area contributed by atoms with Crippen molar-refractivity contribution < 1.29 is 9.53 Å². The minimum Gasteiger partial charge on any atom is -0.380 e. The summed E-state index contributed by atoms with van der Waals surface area (Å²) in [4.78, 5) is 23.1. The average Bonchev–Trinajstić information content (AvgIpc) is 3.30. The normalized spacial score (nSPS) is 25.4. The molecule has 2 heterocycles. The smallest absolute Gasteiger partial charge is 0.237 e. The number of aromatic nitrogens is 2. The van der Waals surface area contributed by atoms with Gasteiger partial charge in [-0.25, -0.2) is 9.97 Å². The number of hydrogen-bond acceptors (Lipinski definition) is 5. The zero-order valence-corrected chi connectivity index (χ0v) is 13.3. The van der Waals surface area contributed by atoms with E-state index in [0.717, 1.165) is 30.8 Å². The van der Waals surface area contributed by atoms with Gasteiger partial charge in [-0.15, -0.1) is 0 Å². The number of nitrogens with one attached hydrogen (secondary N) is 1. The maximum atomic E-state index is 12.2. The van der Waals surface area contributed by atoms with E-state index < -0.39 is 0 Å². The lowest BCUT2D eigenvalue weighted by Crippen LogP contribution is -2.42. The number of nitrogens with zero attached hydrogens (tertiary/aromatic N) is 3. The van der Waals surface area contributed by atoms with Crippen LogP contribution in [0.1, 0.15) is 36.6 Å². The molecule has 0 unspecified atom stereocenters. The van der Waals surface area contributed by atoms with Gasteiger partial charge in [-0.1, -0.05) is 0 Å². The molecule has 2 aliphatic rings. The van der Waals surface area contributed by atoms with Gasteiger partial charge >= 0.3 is 0 Å². The minimum absolute atomic E-state index is 0.0811. The monoisotopic (exact) mass is 304 g/mol. The Morgan fingerprint density at radius 3 is 2.73 bits per heavy atom. The van der Waals surface area contributed by atoms with Crippen LogP contribution in [0.25, 0.3) is 0 Å². The molecule has 1 aromatic rings. The van der Waals surface area contributed by atoms with Crippen LogP contribution < -0.4 is 5.32 Å². The fourth-order valence-electron chi connectivity index (χ4n) is 2.92. The zero-order valence-electron chi connectivity index (χ0n) is 13.3. The number of hydrogen-bond donors (Lipinski definition) is 1. The molecule has 1 saturated heterocycles. The quantitative estimate of drug-likeness (QED) is 0.839. The Labute approximate surface area is 131 Å². The molecule has 0 spiro atoms. The van der Waals surface area contributed by atoms with Crippen LogP contribution in [0.5, 0.6) is 0 Å². The highest BCUT2D eigenvalue weighted by molar-refractivity contribution is 5.82. The van der Waals surface area contributed by atoms with Gasteiger partial charge in [-0.2, -0.15) is 0 Å². The third-order valence-electron chi connectivity index (χ3n) is 4.53. The highest BCUT2D eigenvalue weighted by Crippen LogP contribution is 2.37. The van der Waals surface area contributed by atoms with Crippen LogP contribution in [0.15, 0.2) is 12.4 Å². The Morgan fingerprint density at radius 2 is 2.14 bits per heavy atom. The fourth-order valence-corrected chi connectivity index (χ4v) is 2.92. The fraction of sp³-hybridized carbons (Fsp3) is 0.688. The van der Waals surface area contributed by atoms with E-state index in [1.165, 1.54) is 12.8 Å². The number of rotatable bonds is 6. The Kier molecular flexibility index (Phi) is 4.69. The second-order valence-corrected chi connectivity index (χ2v) is 6.31. The summed E-state index contributed by atoms with van der Waals surface area (Å²) in [6, 6.07) is -0.0848. The van der Waals surface area contributed by atoms with Gasteiger partial charge in [0.1, 0.15) is 5.82 Å². The highest BCUT2D eigenvalue weighted by atomic mass is 16.5. The first-order valence-electron chi connectivity index (χ1n) is 7.99. The lowest BCUT2D eigenvalue weighted by molar-refractivity contribution is -0.125. The third kappa shape index (κ3) is 3.62. The van der Waals surface area contributed by atoms with Crippen LogP contribution in [0.4, 0.5) is 0 Å². The first-order valence-corrected chi connectivity index (χ1v) is 7.99. The molecule has 22 heavy (non-hydrogen) atoms. The third-order valence-corrected chi connectivity index (χ3v) is 4.53. The van der Waals surface area contributed by atoms with Crippen molar-refractivity contribution in [2.75, 3.05) is 27.2 Å². The second kappa shape index (κ2) is 6.71. The van der Waals surface area contributed by atoms with Crippen LogP contribution >= 0.6 is 0 Å². The minimum atomic E-state index is -0.0848. The maximum Gasteiger partial charge on any atom is 0.237 e. The molecular weight excluding hydrogens is 280 g/mol. The predicted molar refractivity (Wildman–Crippen MR) is 82.6 cm³/mol. The SMILES string of the molecule is CO[C@H]1C[C@@H](C(=O)NCCc2cnc(C3CC3)nc2)N(C)C1. The van der Waals surface area contributed by atoms with Crippen LogP contribution in [-0.2, 0) is 16.0 Å². The summed E-state index contributed by atoms with van der Waals surface area (Å²) in [5.41, 5.74) is 1.07. The zero-order chi connectivity index (χ0) is 15.5. The van der Waals surface area contributed by atoms with Gasteiger partial charge in [0.15, 0.2) is 0 Å². The summed E-state index contributed by atoms with van der Waals surface area (Å²) in [7, 11) is 3.66. The van der Waals surface area contributed by atoms with Gasteiger partial charge < -0.3 is 10.1 Å². The number of carbonyl (C=O) groups excluding carboxylic acids is 1. The van der Waals surface area contributed by atoms with Crippen molar-refractivity contribution in [2.24, 2.45) is 0 Å². The molecule has 1 N–H and O–H groups in total. The predicted octanol–water partition coefficient (Wildman–Crippen LogP) is 0.732. The number of likely N-dealkylation sites (tertiary alicyclic amines) is 1. The molecule has 1 amide bonds. The molecule has 2 fully saturated rings. The van der Waals surface area contributed by atoms with E-state index in [9.17, 15) is 4.79 Å². The lowest BCUT2D eigenvalue weighted by Gasteiger charge is -2.18. The summed E-state index contributed by atoms with van der Waals surface area (Å²) in [5, 5.41) is 3.01. The Morgan fingerprint density at radius 1 is 1.41 bits per heavy atom. The first-order chi connectivity index (χ1) is 10.7. The molecule has 1 aliphatic heterocycles. The molecule has 1 saturated carbocycles. The molecule has 1 aromatic heterocycles. The van der Waals surface area contributed by atoms with Crippen LogP contribution in [0.2, 0.25) is 0 Å². The van der Waals surface area contributed by atoms with Crippen molar-refractivity contribution in [1.82, 2.24) is 20.2 Å². The molecule has 3 rings (SSSR count). The van der Waals surface area contributed by atoms with Gasteiger partial charge in [0.05, 0.1) is 12.1 Å². The van der Waals surface area contributed by atoms with E-state index in [2.05, 4.69) is 20.2 Å². The number of ether oxygens (including phenoxy) is 1. The van der Waals surface area contributed by atoms with Crippen LogP contribution in [0, 0.1) is 0 Å². The van der Waals surface area contributed by atoms with Crippen LogP contribution in [0.3, 0.4) is 0 Å². The summed E-state index contributed by atoms with van der Waals surface area (Å²) in [6.07, 6.45) is 7.88. The second-order valence-electron chi connectivity index (χ2n) is 6.31. The van der Waals surface area contributed by atoms with Crippen LogP contribution in [-0.4, -0.2) is 60.2 Å². The molecule has 0 radical (unpaired) electrons. The van der Waals surface area contributed by atoms with E-state index in [4.69, 9.17) is 4.74 Å². The number of likely N-dealkylation sites (N-methyl/N-ethyl adjacent to an activating group) is 1. The van der Waals surface area contributed by atoms with Crippen molar-refractivity contribution in [3.8, 4) is 0 Å². The van der Waals surface area contributed by atoms with E-state index in [0.29, 0.717) is 12.5 Å². The number of amides is 1. The van der Waals surface area contributed by atoms with Crippen molar-refractivity contribution in [2.45, 2.75) is 43.7 Å². The molecule has 0 aromatic carbocycles. The van der Waals surface area contributed by atoms with Crippen molar-refractivity contribution in [3.63, 3.8) is 0 Å². The molecular formula is C16H24N4O2. The van der Waals surface area contributed by atoms with Gasteiger partial charge in [0.25, 0.3) is 0 Å². The summed E-state index contributed by atoms with van der Waals surface area (Å²) in [6.45, 7) is 1.43. The van der Waals surface area contributed by atoms with Gasteiger partial charge in [-0.3, -0.25) is 9.69 Å². The van der Waals surface area contributed by atoms with Crippen molar-refractivity contribution in [3.05, 3.63) is 23.8 Å². The molecule has 6 heteroatoms. The Balaban J connectivity index is 1.43. The summed E-state index contributed by atoms with van der Waals surface area (Å²) in [5.74, 6) is 1.63. The molecule has 1 aliphatic carbocycles. The first kappa shape index (κ1) is 15.4. The van der Waals surface area contributed by atoms with Gasteiger partial charge in [0, 0.05) is 38.5 Å². The molecule has 120 valence electrons. The summed E-state index contributed by atoms with van der Waals surface area (Å²) >= 11 is 0. The lowest BCUT2D eigenvalue weighted by atomic mass is 10.2. The average molecular weight is 304 g/mol. The summed E-state index contributed by atoms with van der Waals surface area (Å²) < 4.78 is 5.33. The topological polar surface area (TPSA) is 67.3 Å². The standard InChI is InChI=1S/C16H24N4O2/c1-20-10-13(22-2)7-14(20)16(21)17-6-5-11-8-18-15(19-9-11)12-3-4-12/h8-9,12-14H,3-7,10H2,1-2H3,(H,17,21)/t13-,14-/m0/s1. The molecule has 2 atom stereocenters. The van der Waals surface area contributed by atoms with E-state index in [1.54, 1.807) is 7.11 Å². The van der Waals surface area contributed by atoms with E-state index in [-0.39, 0.29) is 18.1 Å². The van der Waals surface area contributed by atoms with Crippen molar-refractivity contribution >= 4 is 5.91 Å². The van der Waals surface area contributed by atoms with Gasteiger partial charge in [-0.05, 0) is 38.3 Å².